The van der Waals surface area contributed by atoms with Crippen molar-refractivity contribution in [2.45, 2.75) is 39.8 Å². The van der Waals surface area contributed by atoms with Crippen LogP contribution in [0.4, 0.5) is 8.78 Å². The summed E-state index contributed by atoms with van der Waals surface area (Å²) in [5.41, 5.74) is 0.451. The number of benzene rings is 1. The Kier molecular flexibility index (Phi) is 5.81. The van der Waals surface area contributed by atoms with Crippen molar-refractivity contribution in [1.29, 1.82) is 0 Å². The first kappa shape index (κ1) is 17.1. The van der Waals surface area contributed by atoms with Crippen LogP contribution in [0.1, 0.15) is 39.3 Å². The van der Waals surface area contributed by atoms with E-state index in [0.29, 0.717) is 5.56 Å². The number of amides is 2. The lowest BCUT2D eigenvalue weighted by Gasteiger charge is -2.23. The van der Waals surface area contributed by atoms with Gasteiger partial charge in [-0.15, -0.1) is 0 Å². The zero-order chi connectivity index (χ0) is 16.2. The Morgan fingerprint density at radius 3 is 2.14 bits per heavy atom. The molecule has 2 amide bonds. The van der Waals surface area contributed by atoms with Crippen LogP contribution in [0.2, 0.25) is 0 Å². The van der Waals surface area contributed by atoms with Crippen molar-refractivity contribution in [3.8, 4) is 0 Å². The Morgan fingerprint density at radius 1 is 1.05 bits per heavy atom. The predicted molar refractivity (Wildman–Crippen MR) is 75.4 cm³/mol. The third kappa shape index (κ3) is 4.81. The van der Waals surface area contributed by atoms with Gasteiger partial charge in [-0.1, -0.05) is 19.9 Å². The third-order valence-corrected chi connectivity index (χ3v) is 3.11. The molecular weight excluding hydrogens is 278 g/mol. The summed E-state index contributed by atoms with van der Waals surface area (Å²) in [7, 11) is 0. The smallest absolute Gasteiger partial charge is 0.243 e. The third-order valence-electron chi connectivity index (χ3n) is 3.11. The Morgan fingerprint density at radius 2 is 1.67 bits per heavy atom. The van der Waals surface area contributed by atoms with Crippen LogP contribution in [0.15, 0.2) is 18.2 Å². The number of rotatable bonds is 5. The summed E-state index contributed by atoms with van der Waals surface area (Å²) in [4.78, 5) is 23.3. The highest BCUT2D eigenvalue weighted by Crippen LogP contribution is 2.16. The summed E-state index contributed by atoms with van der Waals surface area (Å²) in [6.45, 7) is 6.61. The highest BCUT2D eigenvalue weighted by molar-refractivity contribution is 5.87. The lowest BCUT2D eigenvalue weighted by atomic mass is 10.0. The van der Waals surface area contributed by atoms with Crippen LogP contribution in [0.5, 0.6) is 0 Å². The quantitative estimate of drug-likeness (QED) is 0.876. The molecule has 0 saturated heterocycles. The molecule has 0 unspecified atom stereocenters. The monoisotopic (exact) mass is 298 g/mol. The Bertz CT molecular complexity index is 532. The maximum absolute atomic E-state index is 13.2. The molecule has 6 heteroatoms. The number of nitrogens with one attached hydrogen (secondary N) is 2. The van der Waals surface area contributed by atoms with E-state index in [2.05, 4.69) is 10.6 Å². The van der Waals surface area contributed by atoms with Crippen molar-refractivity contribution in [2.75, 3.05) is 0 Å². The molecule has 0 saturated carbocycles. The van der Waals surface area contributed by atoms with E-state index >= 15 is 0 Å². The molecule has 2 atom stereocenters. The van der Waals surface area contributed by atoms with Gasteiger partial charge in [0.2, 0.25) is 11.8 Å². The average Bonchev–Trinajstić information content (AvgIpc) is 2.38. The summed E-state index contributed by atoms with van der Waals surface area (Å²) >= 11 is 0. The first-order chi connectivity index (χ1) is 9.72. The van der Waals surface area contributed by atoms with Crippen LogP contribution in [0, 0.1) is 17.6 Å². The fraction of sp³-hybridized carbons (Fsp3) is 0.467. The van der Waals surface area contributed by atoms with Crippen LogP contribution in [-0.2, 0) is 9.59 Å². The molecule has 0 fully saturated rings. The minimum Gasteiger partial charge on any atom is -0.348 e. The summed E-state index contributed by atoms with van der Waals surface area (Å²) in [6.07, 6.45) is 0. The van der Waals surface area contributed by atoms with E-state index in [1.54, 1.807) is 6.92 Å². The van der Waals surface area contributed by atoms with Gasteiger partial charge in [-0.05, 0) is 30.5 Å². The molecule has 0 heterocycles. The van der Waals surface area contributed by atoms with Gasteiger partial charge in [-0.2, -0.15) is 0 Å². The molecule has 1 aromatic carbocycles. The second-order valence-corrected chi connectivity index (χ2v) is 5.33. The van der Waals surface area contributed by atoms with Crippen molar-refractivity contribution in [1.82, 2.24) is 10.6 Å². The number of hydrogen-bond donors (Lipinski definition) is 2. The zero-order valence-corrected chi connectivity index (χ0v) is 12.5. The lowest BCUT2D eigenvalue weighted by Crippen LogP contribution is -2.49. The molecule has 0 aromatic heterocycles. The van der Waals surface area contributed by atoms with Crippen molar-refractivity contribution in [3.63, 3.8) is 0 Å². The molecule has 0 aliphatic rings. The SMILES string of the molecule is CC(=O)N[C@@H](C(=O)N[C@H](C)c1ccc(F)c(F)c1)C(C)C. The molecule has 0 aliphatic heterocycles. The van der Waals surface area contributed by atoms with E-state index in [0.717, 1.165) is 12.1 Å². The molecule has 0 bridgehead atoms. The van der Waals surface area contributed by atoms with Gasteiger partial charge in [0.1, 0.15) is 6.04 Å². The number of carbonyl (C=O) groups excluding carboxylic acids is 2. The van der Waals surface area contributed by atoms with Crippen LogP contribution in [0.25, 0.3) is 0 Å². The van der Waals surface area contributed by atoms with Gasteiger partial charge in [0.15, 0.2) is 11.6 Å². The summed E-state index contributed by atoms with van der Waals surface area (Å²) in [5.74, 6) is -2.65. The fourth-order valence-corrected chi connectivity index (χ4v) is 1.92. The standard InChI is InChI=1S/C15H20F2N2O2/c1-8(2)14(19-10(4)20)15(21)18-9(3)11-5-6-12(16)13(17)7-11/h5-9,14H,1-4H3,(H,18,21)(H,19,20)/t9-,14-/m1/s1. The Balaban J connectivity index is 2.79. The number of carbonyl (C=O) groups is 2. The number of halogens is 2. The van der Waals surface area contributed by atoms with Gasteiger partial charge in [0, 0.05) is 6.92 Å². The highest BCUT2D eigenvalue weighted by atomic mass is 19.2. The lowest BCUT2D eigenvalue weighted by molar-refractivity contribution is -0.129. The Labute approximate surface area is 122 Å². The molecule has 1 rings (SSSR count). The van der Waals surface area contributed by atoms with E-state index < -0.39 is 23.7 Å². The van der Waals surface area contributed by atoms with Gasteiger partial charge < -0.3 is 10.6 Å². The first-order valence-electron chi connectivity index (χ1n) is 6.74. The summed E-state index contributed by atoms with van der Waals surface area (Å²) in [5, 5.41) is 5.26. The van der Waals surface area contributed by atoms with Crippen molar-refractivity contribution < 1.29 is 18.4 Å². The van der Waals surface area contributed by atoms with E-state index in [4.69, 9.17) is 0 Å². The van der Waals surface area contributed by atoms with Crippen molar-refractivity contribution in [3.05, 3.63) is 35.4 Å². The van der Waals surface area contributed by atoms with Crippen LogP contribution < -0.4 is 10.6 Å². The van der Waals surface area contributed by atoms with Gasteiger partial charge in [-0.25, -0.2) is 8.78 Å². The van der Waals surface area contributed by atoms with E-state index in [1.807, 2.05) is 13.8 Å². The van der Waals surface area contributed by atoms with Crippen molar-refractivity contribution >= 4 is 11.8 Å². The fourth-order valence-electron chi connectivity index (χ4n) is 1.92. The molecule has 21 heavy (non-hydrogen) atoms. The summed E-state index contributed by atoms with van der Waals surface area (Å²) in [6, 6.07) is 2.30. The molecule has 2 N–H and O–H groups in total. The normalized spacial score (nSPS) is 13.7. The van der Waals surface area contributed by atoms with Gasteiger partial charge in [-0.3, -0.25) is 9.59 Å². The predicted octanol–water partition coefficient (Wildman–Crippen LogP) is 2.30. The number of hydrogen-bond acceptors (Lipinski definition) is 2. The van der Waals surface area contributed by atoms with Crippen LogP contribution >= 0.6 is 0 Å². The average molecular weight is 298 g/mol. The maximum atomic E-state index is 13.2. The summed E-state index contributed by atoms with van der Waals surface area (Å²) < 4.78 is 26.1. The second kappa shape index (κ2) is 7.15. The topological polar surface area (TPSA) is 58.2 Å². The van der Waals surface area contributed by atoms with Gasteiger partial charge >= 0.3 is 0 Å². The van der Waals surface area contributed by atoms with E-state index in [1.165, 1.54) is 13.0 Å². The zero-order valence-electron chi connectivity index (χ0n) is 12.5. The maximum Gasteiger partial charge on any atom is 0.243 e. The first-order valence-corrected chi connectivity index (χ1v) is 6.74. The molecule has 0 spiro atoms. The minimum absolute atomic E-state index is 0.0916. The molecule has 0 radical (unpaired) electrons. The minimum atomic E-state index is -0.962. The molecule has 1 aromatic rings. The van der Waals surface area contributed by atoms with E-state index in [9.17, 15) is 18.4 Å². The Hall–Kier alpha value is -1.98. The molecular formula is C15H20F2N2O2. The second-order valence-electron chi connectivity index (χ2n) is 5.33. The molecule has 0 aliphatic carbocycles. The van der Waals surface area contributed by atoms with Crippen molar-refractivity contribution in [2.24, 2.45) is 5.92 Å². The van der Waals surface area contributed by atoms with Gasteiger partial charge in [0.05, 0.1) is 6.04 Å². The molecule has 4 nitrogen and oxygen atoms in total. The van der Waals surface area contributed by atoms with Crippen LogP contribution in [-0.4, -0.2) is 17.9 Å². The van der Waals surface area contributed by atoms with E-state index in [-0.39, 0.29) is 17.7 Å². The van der Waals surface area contributed by atoms with Crippen LogP contribution in [0.3, 0.4) is 0 Å². The highest BCUT2D eigenvalue weighted by Gasteiger charge is 2.24. The molecule has 116 valence electrons. The van der Waals surface area contributed by atoms with Gasteiger partial charge in [0.25, 0.3) is 0 Å². The largest absolute Gasteiger partial charge is 0.348 e.